The number of aromatic nitrogens is 3. The first kappa shape index (κ1) is 16.2. The number of rotatable bonds is 3. The molecule has 0 N–H and O–H groups in total. The maximum Gasteiger partial charge on any atom is 0.433 e. The predicted octanol–water partition coefficient (Wildman–Crippen LogP) is 2.68. The van der Waals surface area contributed by atoms with Gasteiger partial charge in [-0.3, -0.25) is 9.78 Å². The number of nitrogens with zero attached hydrogens (tertiary/aromatic N) is 5. The molecule has 4 rings (SSSR count). The molecule has 0 atom stereocenters. The van der Waals surface area contributed by atoms with E-state index in [9.17, 15) is 18.0 Å². The van der Waals surface area contributed by atoms with Crippen LogP contribution in [0, 0.1) is 0 Å². The third-order valence-corrected chi connectivity index (χ3v) is 5.34. The van der Waals surface area contributed by atoms with Crippen LogP contribution in [0.1, 0.15) is 29.5 Å². The van der Waals surface area contributed by atoms with E-state index in [1.54, 1.807) is 0 Å². The lowest BCUT2D eigenvalue weighted by atomic mass is 10.2. The molecule has 2 aliphatic rings. The van der Waals surface area contributed by atoms with Crippen molar-refractivity contribution in [3.05, 3.63) is 29.0 Å². The summed E-state index contributed by atoms with van der Waals surface area (Å²) in [5.41, 5.74) is -0.790. The molecule has 132 valence electrons. The lowest BCUT2D eigenvalue weighted by Crippen LogP contribution is -2.50. The van der Waals surface area contributed by atoms with Crippen molar-refractivity contribution in [2.45, 2.75) is 24.9 Å². The van der Waals surface area contributed by atoms with Gasteiger partial charge in [0.1, 0.15) is 10.7 Å². The highest BCUT2D eigenvalue weighted by atomic mass is 32.1. The van der Waals surface area contributed by atoms with Gasteiger partial charge in [-0.1, -0.05) is 11.3 Å². The van der Waals surface area contributed by atoms with Gasteiger partial charge in [-0.2, -0.15) is 13.2 Å². The van der Waals surface area contributed by atoms with E-state index in [1.165, 1.54) is 22.3 Å². The number of hydrogen-bond acceptors (Lipinski definition) is 6. The SMILES string of the molecule is O=C1CN(c2nnc(C3CC3)s2)CCN1c1ccnc(C(F)(F)F)c1. The first-order valence-electron chi connectivity index (χ1n) is 7.84. The van der Waals surface area contributed by atoms with E-state index in [2.05, 4.69) is 15.2 Å². The number of alkyl halides is 3. The van der Waals surface area contributed by atoms with Crippen LogP contribution < -0.4 is 9.80 Å². The van der Waals surface area contributed by atoms with Gasteiger partial charge in [0.25, 0.3) is 0 Å². The molecule has 25 heavy (non-hydrogen) atoms. The van der Waals surface area contributed by atoms with Gasteiger partial charge in [0.2, 0.25) is 11.0 Å². The maximum atomic E-state index is 12.8. The molecule has 2 aromatic heterocycles. The minimum absolute atomic E-state index is 0.0724. The molecule has 1 aliphatic heterocycles. The van der Waals surface area contributed by atoms with Crippen molar-refractivity contribution in [3.8, 4) is 0 Å². The smallest absolute Gasteiger partial charge is 0.336 e. The summed E-state index contributed by atoms with van der Waals surface area (Å²) in [6, 6.07) is 2.32. The number of anilines is 2. The highest BCUT2D eigenvalue weighted by molar-refractivity contribution is 7.15. The number of carbonyl (C=O) groups excluding carboxylic acids is 1. The highest BCUT2D eigenvalue weighted by Crippen LogP contribution is 2.42. The molecule has 1 saturated heterocycles. The summed E-state index contributed by atoms with van der Waals surface area (Å²) in [6.45, 7) is 0.857. The van der Waals surface area contributed by atoms with Crippen LogP contribution in [0.5, 0.6) is 0 Å². The van der Waals surface area contributed by atoms with Gasteiger partial charge in [0.15, 0.2) is 0 Å². The Bertz CT molecular complexity index is 804. The fourth-order valence-electron chi connectivity index (χ4n) is 2.70. The summed E-state index contributed by atoms with van der Waals surface area (Å²) < 4.78 is 38.4. The van der Waals surface area contributed by atoms with Gasteiger partial charge < -0.3 is 9.80 Å². The summed E-state index contributed by atoms with van der Waals surface area (Å²) in [4.78, 5) is 18.9. The zero-order chi connectivity index (χ0) is 17.6. The molecular formula is C15H14F3N5OS. The minimum atomic E-state index is -4.54. The molecule has 3 heterocycles. The average Bonchev–Trinajstić information content (AvgIpc) is 3.31. The number of halogens is 3. The molecule has 1 amide bonds. The summed E-state index contributed by atoms with van der Waals surface area (Å²) in [5, 5.41) is 10.00. The average molecular weight is 369 g/mol. The monoisotopic (exact) mass is 369 g/mol. The molecule has 6 nitrogen and oxygen atoms in total. The van der Waals surface area contributed by atoms with Crippen molar-refractivity contribution >= 4 is 28.1 Å². The first-order chi connectivity index (χ1) is 11.9. The molecule has 1 saturated carbocycles. The second-order valence-electron chi connectivity index (χ2n) is 6.06. The van der Waals surface area contributed by atoms with Crippen LogP contribution in [-0.2, 0) is 11.0 Å². The molecule has 0 bridgehead atoms. The van der Waals surface area contributed by atoms with Crippen LogP contribution in [0.2, 0.25) is 0 Å². The summed E-state index contributed by atoms with van der Waals surface area (Å²) in [6.07, 6.45) is -1.20. The quantitative estimate of drug-likeness (QED) is 0.833. The number of carbonyl (C=O) groups is 1. The van der Waals surface area contributed by atoms with E-state index in [4.69, 9.17) is 0 Å². The molecule has 1 aliphatic carbocycles. The van der Waals surface area contributed by atoms with Gasteiger partial charge in [0.05, 0.1) is 6.54 Å². The van der Waals surface area contributed by atoms with Crippen molar-refractivity contribution in [3.63, 3.8) is 0 Å². The van der Waals surface area contributed by atoms with Crippen LogP contribution in [0.15, 0.2) is 18.3 Å². The van der Waals surface area contributed by atoms with Gasteiger partial charge in [-0.25, -0.2) is 0 Å². The Morgan fingerprint density at radius 1 is 1.20 bits per heavy atom. The Kier molecular flexibility index (Phi) is 3.86. The van der Waals surface area contributed by atoms with E-state index >= 15 is 0 Å². The van der Waals surface area contributed by atoms with E-state index in [1.807, 2.05) is 4.90 Å². The molecule has 0 aromatic carbocycles. The van der Waals surface area contributed by atoms with Crippen molar-refractivity contribution in [1.82, 2.24) is 15.2 Å². The van der Waals surface area contributed by atoms with Crippen LogP contribution >= 0.6 is 11.3 Å². The molecule has 0 spiro atoms. The molecule has 0 unspecified atom stereocenters. The molecule has 2 fully saturated rings. The van der Waals surface area contributed by atoms with Gasteiger partial charge in [-0.15, -0.1) is 10.2 Å². The molecular weight excluding hydrogens is 355 g/mol. The minimum Gasteiger partial charge on any atom is -0.336 e. The summed E-state index contributed by atoms with van der Waals surface area (Å²) in [5.74, 6) is 0.231. The Morgan fingerprint density at radius 2 is 2.00 bits per heavy atom. The molecule has 10 heteroatoms. The van der Waals surface area contributed by atoms with Gasteiger partial charge in [-0.05, 0) is 25.0 Å². The molecule has 0 radical (unpaired) electrons. The predicted molar refractivity (Wildman–Crippen MR) is 85.7 cm³/mol. The van der Waals surface area contributed by atoms with E-state index in [0.717, 1.165) is 30.1 Å². The number of hydrogen-bond donors (Lipinski definition) is 0. The van der Waals surface area contributed by atoms with E-state index in [0.29, 0.717) is 24.1 Å². The van der Waals surface area contributed by atoms with Crippen molar-refractivity contribution in [2.75, 3.05) is 29.4 Å². The second-order valence-corrected chi connectivity index (χ2v) is 7.05. The Morgan fingerprint density at radius 3 is 2.68 bits per heavy atom. The number of amides is 1. The zero-order valence-electron chi connectivity index (χ0n) is 13.0. The van der Waals surface area contributed by atoms with Crippen LogP contribution in [0.3, 0.4) is 0 Å². The fourth-order valence-corrected chi connectivity index (χ4v) is 3.74. The lowest BCUT2D eigenvalue weighted by molar-refractivity contribution is -0.141. The Balaban J connectivity index is 1.48. The van der Waals surface area contributed by atoms with Crippen LogP contribution in [-0.4, -0.2) is 40.7 Å². The zero-order valence-corrected chi connectivity index (χ0v) is 13.8. The second kappa shape index (κ2) is 5.94. The number of piperazine rings is 1. The Labute approximate surface area is 145 Å². The van der Waals surface area contributed by atoms with E-state index in [-0.39, 0.29) is 18.1 Å². The standard InChI is InChI=1S/C15H14F3N5OS/c16-15(17,18)11-7-10(3-4-19-11)23-6-5-22(8-12(23)24)14-21-20-13(25-14)9-1-2-9/h3-4,7,9H,1-2,5-6,8H2. The van der Waals surface area contributed by atoms with Crippen molar-refractivity contribution < 1.29 is 18.0 Å². The third kappa shape index (κ3) is 3.30. The maximum absolute atomic E-state index is 12.8. The largest absolute Gasteiger partial charge is 0.433 e. The fraction of sp³-hybridized carbons (Fsp3) is 0.467. The number of pyridine rings is 1. The molecule has 2 aromatic rings. The van der Waals surface area contributed by atoms with Gasteiger partial charge in [0, 0.05) is 30.9 Å². The first-order valence-corrected chi connectivity index (χ1v) is 8.65. The van der Waals surface area contributed by atoms with Crippen LogP contribution in [0.25, 0.3) is 0 Å². The van der Waals surface area contributed by atoms with E-state index < -0.39 is 11.9 Å². The summed E-state index contributed by atoms with van der Waals surface area (Å²) >= 11 is 1.49. The third-order valence-electron chi connectivity index (χ3n) is 4.19. The van der Waals surface area contributed by atoms with Gasteiger partial charge >= 0.3 is 6.18 Å². The topological polar surface area (TPSA) is 62.2 Å². The highest BCUT2D eigenvalue weighted by Gasteiger charge is 2.34. The van der Waals surface area contributed by atoms with Crippen molar-refractivity contribution in [2.24, 2.45) is 0 Å². The summed E-state index contributed by atoms with van der Waals surface area (Å²) in [7, 11) is 0. The van der Waals surface area contributed by atoms with Crippen molar-refractivity contribution in [1.29, 1.82) is 0 Å². The van der Waals surface area contributed by atoms with Crippen LogP contribution in [0.4, 0.5) is 24.0 Å². The Hall–Kier alpha value is -2.23. The normalized spacial score (nSPS) is 18.8. The lowest BCUT2D eigenvalue weighted by Gasteiger charge is -2.34.